The summed E-state index contributed by atoms with van der Waals surface area (Å²) < 4.78 is 5.69. The van der Waals surface area contributed by atoms with E-state index in [0.29, 0.717) is 6.10 Å². The maximum atomic E-state index is 6.10. The van der Waals surface area contributed by atoms with E-state index in [1.165, 1.54) is 19.3 Å². The summed E-state index contributed by atoms with van der Waals surface area (Å²) >= 11 is 12.0. The highest BCUT2D eigenvalue weighted by Crippen LogP contribution is 2.20. The molecule has 1 aliphatic rings. The predicted octanol–water partition coefficient (Wildman–Crippen LogP) is 4.04. The van der Waals surface area contributed by atoms with Crippen molar-refractivity contribution in [2.24, 2.45) is 0 Å². The van der Waals surface area contributed by atoms with Crippen molar-refractivity contribution in [1.29, 1.82) is 0 Å². The Morgan fingerprint density at radius 1 is 1.28 bits per heavy atom. The SMILES string of the molecule is Clc1ccc(Cl)c(CNCCC2CCCCO2)c1. The molecule has 0 bridgehead atoms. The summed E-state index contributed by atoms with van der Waals surface area (Å²) in [5, 5.41) is 4.89. The Labute approximate surface area is 119 Å². The van der Waals surface area contributed by atoms with E-state index in [2.05, 4.69) is 5.32 Å². The number of nitrogens with one attached hydrogen (secondary N) is 1. The van der Waals surface area contributed by atoms with Crippen LogP contribution in [-0.2, 0) is 11.3 Å². The molecule has 0 radical (unpaired) electrons. The molecule has 1 heterocycles. The molecule has 0 saturated carbocycles. The van der Waals surface area contributed by atoms with Crippen molar-refractivity contribution >= 4 is 23.2 Å². The van der Waals surface area contributed by atoms with Crippen LogP contribution in [0.15, 0.2) is 18.2 Å². The van der Waals surface area contributed by atoms with E-state index in [-0.39, 0.29) is 0 Å². The molecule has 1 aromatic carbocycles. The van der Waals surface area contributed by atoms with Gasteiger partial charge in [-0.3, -0.25) is 0 Å². The van der Waals surface area contributed by atoms with Crippen molar-refractivity contribution in [2.75, 3.05) is 13.2 Å². The molecule has 2 nitrogen and oxygen atoms in total. The third-order valence-electron chi connectivity index (χ3n) is 3.24. The molecule has 2 rings (SSSR count). The van der Waals surface area contributed by atoms with Crippen molar-refractivity contribution in [3.63, 3.8) is 0 Å². The first kappa shape index (κ1) is 14.1. The zero-order chi connectivity index (χ0) is 12.8. The summed E-state index contributed by atoms with van der Waals surface area (Å²) in [6.07, 6.45) is 5.20. The monoisotopic (exact) mass is 287 g/mol. The average Bonchev–Trinajstić information content (AvgIpc) is 2.40. The van der Waals surface area contributed by atoms with E-state index < -0.39 is 0 Å². The molecule has 18 heavy (non-hydrogen) atoms. The van der Waals surface area contributed by atoms with Crippen molar-refractivity contribution < 1.29 is 4.74 Å². The quantitative estimate of drug-likeness (QED) is 0.826. The zero-order valence-electron chi connectivity index (χ0n) is 10.4. The fourth-order valence-electron chi connectivity index (χ4n) is 2.20. The van der Waals surface area contributed by atoms with Crippen LogP contribution in [0.1, 0.15) is 31.2 Å². The van der Waals surface area contributed by atoms with Gasteiger partial charge in [-0.25, -0.2) is 0 Å². The van der Waals surface area contributed by atoms with Gasteiger partial charge in [-0.2, -0.15) is 0 Å². The van der Waals surface area contributed by atoms with Gasteiger partial charge in [0.15, 0.2) is 0 Å². The summed E-state index contributed by atoms with van der Waals surface area (Å²) in [5.74, 6) is 0. The summed E-state index contributed by atoms with van der Waals surface area (Å²) in [5.41, 5.74) is 1.05. The Kier molecular flexibility index (Phi) is 5.77. The Hall–Kier alpha value is -0.280. The molecule has 1 saturated heterocycles. The zero-order valence-corrected chi connectivity index (χ0v) is 11.9. The first-order valence-electron chi connectivity index (χ1n) is 6.52. The van der Waals surface area contributed by atoms with Crippen LogP contribution in [-0.4, -0.2) is 19.3 Å². The van der Waals surface area contributed by atoms with Gasteiger partial charge in [-0.05, 0) is 56.0 Å². The van der Waals surface area contributed by atoms with E-state index in [4.69, 9.17) is 27.9 Å². The van der Waals surface area contributed by atoms with Crippen LogP contribution in [0, 0.1) is 0 Å². The maximum absolute atomic E-state index is 6.10. The molecule has 0 aromatic heterocycles. The van der Waals surface area contributed by atoms with Crippen LogP contribution >= 0.6 is 23.2 Å². The topological polar surface area (TPSA) is 21.3 Å². The van der Waals surface area contributed by atoms with Gasteiger partial charge in [-0.15, -0.1) is 0 Å². The van der Waals surface area contributed by atoms with Crippen LogP contribution < -0.4 is 5.32 Å². The van der Waals surface area contributed by atoms with Gasteiger partial charge in [0.1, 0.15) is 0 Å². The van der Waals surface area contributed by atoms with E-state index in [9.17, 15) is 0 Å². The molecule has 0 amide bonds. The number of hydrogen-bond donors (Lipinski definition) is 1. The van der Waals surface area contributed by atoms with E-state index in [0.717, 1.165) is 41.7 Å². The molecule has 1 atom stereocenters. The van der Waals surface area contributed by atoms with Crippen molar-refractivity contribution in [2.45, 2.75) is 38.3 Å². The van der Waals surface area contributed by atoms with Gasteiger partial charge < -0.3 is 10.1 Å². The average molecular weight is 288 g/mol. The molecule has 0 aliphatic carbocycles. The first-order chi connectivity index (χ1) is 8.75. The lowest BCUT2D eigenvalue weighted by Gasteiger charge is -2.22. The minimum atomic E-state index is 0.432. The molecule has 1 N–H and O–H groups in total. The minimum absolute atomic E-state index is 0.432. The molecule has 1 aliphatic heterocycles. The van der Waals surface area contributed by atoms with E-state index >= 15 is 0 Å². The van der Waals surface area contributed by atoms with Gasteiger partial charge in [-0.1, -0.05) is 23.2 Å². The molecule has 0 spiro atoms. The van der Waals surface area contributed by atoms with Gasteiger partial charge >= 0.3 is 0 Å². The Morgan fingerprint density at radius 2 is 2.17 bits per heavy atom. The smallest absolute Gasteiger partial charge is 0.0587 e. The van der Waals surface area contributed by atoms with E-state index in [1.807, 2.05) is 18.2 Å². The second-order valence-electron chi connectivity index (χ2n) is 4.69. The normalized spacial score (nSPS) is 20.0. The van der Waals surface area contributed by atoms with Crippen LogP contribution in [0.25, 0.3) is 0 Å². The lowest BCUT2D eigenvalue weighted by Crippen LogP contribution is -2.25. The third-order valence-corrected chi connectivity index (χ3v) is 3.84. The molecule has 1 unspecified atom stereocenters. The van der Waals surface area contributed by atoms with Crippen LogP contribution in [0.4, 0.5) is 0 Å². The molecule has 1 aromatic rings. The molecule has 4 heteroatoms. The fraction of sp³-hybridized carbons (Fsp3) is 0.571. The number of hydrogen-bond acceptors (Lipinski definition) is 2. The Balaban J connectivity index is 1.69. The van der Waals surface area contributed by atoms with Gasteiger partial charge in [0.05, 0.1) is 6.10 Å². The number of benzene rings is 1. The minimum Gasteiger partial charge on any atom is -0.378 e. The van der Waals surface area contributed by atoms with Crippen molar-refractivity contribution in [1.82, 2.24) is 5.32 Å². The second-order valence-corrected chi connectivity index (χ2v) is 5.53. The largest absolute Gasteiger partial charge is 0.378 e. The number of rotatable bonds is 5. The standard InChI is InChI=1S/C14H19Cl2NO/c15-12-4-5-14(16)11(9-12)10-17-7-6-13-3-1-2-8-18-13/h4-5,9,13,17H,1-3,6-8,10H2. The summed E-state index contributed by atoms with van der Waals surface area (Å²) in [4.78, 5) is 0. The van der Waals surface area contributed by atoms with Crippen molar-refractivity contribution in [3.8, 4) is 0 Å². The van der Waals surface area contributed by atoms with Gasteiger partial charge in [0.25, 0.3) is 0 Å². The van der Waals surface area contributed by atoms with Crippen LogP contribution in [0.5, 0.6) is 0 Å². The fourth-order valence-corrected chi connectivity index (χ4v) is 2.58. The van der Waals surface area contributed by atoms with Crippen LogP contribution in [0.3, 0.4) is 0 Å². The van der Waals surface area contributed by atoms with Crippen molar-refractivity contribution in [3.05, 3.63) is 33.8 Å². The molecular weight excluding hydrogens is 269 g/mol. The highest BCUT2D eigenvalue weighted by Gasteiger charge is 2.12. The molecule has 100 valence electrons. The maximum Gasteiger partial charge on any atom is 0.0587 e. The lowest BCUT2D eigenvalue weighted by atomic mass is 10.1. The van der Waals surface area contributed by atoms with Gasteiger partial charge in [0.2, 0.25) is 0 Å². The summed E-state index contributed by atoms with van der Waals surface area (Å²) in [6, 6.07) is 5.56. The molecule has 1 fully saturated rings. The lowest BCUT2D eigenvalue weighted by molar-refractivity contribution is 0.0115. The first-order valence-corrected chi connectivity index (χ1v) is 7.27. The van der Waals surface area contributed by atoms with Crippen LogP contribution in [0.2, 0.25) is 10.0 Å². The number of halogens is 2. The molecular formula is C14H19Cl2NO. The highest BCUT2D eigenvalue weighted by atomic mass is 35.5. The second kappa shape index (κ2) is 7.34. The van der Waals surface area contributed by atoms with E-state index in [1.54, 1.807) is 0 Å². The third kappa shape index (κ3) is 4.43. The summed E-state index contributed by atoms with van der Waals surface area (Å²) in [7, 11) is 0. The Morgan fingerprint density at radius 3 is 2.94 bits per heavy atom. The predicted molar refractivity (Wildman–Crippen MR) is 76.4 cm³/mol. The highest BCUT2D eigenvalue weighted by molar-refractivity contribution is 6.33. The van der Waals surface area contributed by atoms with Gasteiger partial charge in [0, 0.05) is 23.2 Å². The summed E-state index contributed by atoms with van der Waals surface area (Å²) in [6.45, 7) is 2.63. The Bertz CT molecular complexity index is 378. The number of ether oxygens (including phenoxy) is 1.